The lowest BCUT2D eigenvalue weighted by Crippen LogP contribution is -2.26. The number of carbonyl (C=O) groups is 2. The maximum atomic E-state index is 13.7. The molecule has 0 saturated heterocycles. The van der Waals surface area contributed by atoms with E-state index in [-0.39, 0.29) is 37.6 Å². The van der Waals surface area contributed by atoms with Crippen molar-refractivity contribution in [1.82, 2.24) is 14.3 Å². The highest BCUT2D eigenvalue weighted by atomic mass is 32.1. The molecule has 4 rings (SSSR count). The fraction of sp³-hybridized carbons (Fsp3) is 0.333. The molecule has 0 aliphatic carbocycles. The molecule has 37 heavy (non-hydrogen) atoms. The molecule has 3 heterocycles. The van der Waals surface area contributed by atoms with E-state index < -0.39 is 23.1 Å². The Morgan fingerprint density at radius 2 is 1.84 bits per heavy atom. The first-order valence-electron chi connectivity index (χ1n) is 11.9. The van der Waals surface area contributed by atoms with Crippen LogP contribution in [0.5, 0.6) is 5.75 Å². The number of thiophene rings is 1. The predicted octanol–water partition coefficient (Wildman–Crippen LogP) is 4.41. The number of ether oxygens (including phenoxy) is 3. The number of fused-ring (bicyclic) bond motifs is 1. The summed E-state index contributed by atoms with van der Waals surface area (Å²) in [5.74, 6) is -1.07. The number of nitrogens with zero attached hydrogens (tertiary/aromatic N) is 3. The molecule has 9 nitrogen and oxygen atoms in total. The third kappa shape index (κ3) is 6.26. The number of benzene rings is 1. The lowest BCUT2D eigenvalue weighted by atomic mass is 10.2. The highest BCUT2D eigenvalue weighted by Gasteiger charge is 2.26. The number of rotatable bonds is 9. The van der Waals surface area contributed by atoms with Crippen LogP contribution in [-0.4, -0.2) is 38.5 Å². The molecule has 10 heteroatoms. The number of pyridine rings is 1. The second-order valence-corrected chi connectivity index (χ2v) is 10.3. The highest BCUT2D eigenvalue weighted by Crippen LogP contribution is 2.31. The second kappa shape index (κ2) is 11.0. The molecule has 3 aromatic heterocycles. The van der Waals surface area contributed by atoms with Gasteiger partial charge in [0.2, 0.25) is 5.75 Å². The number of carbonyl (C=O) groups excluding carboxylic acids is 2. The van der Waals surface area contributed by atoms with Crippen LogP contribution in [0.25, 0.3) is 10.2 Å². The first-order valence-corrected chi connectivity index (χ1v) is 12.7. The molecule has 1 aromatic carbocycles. The smallest absolute Gasteiger partial charge is 0.343 e. The molecule has 0 bridgehead atoms. The molecule has 0 spiro atoms. The van der Waals surface area contributed by atoms with Crippen molar-refractivity contribution in [3.05, 3.63) is 81.2 Å². The molecular weight excluding hydrogens is 494 g/mol. The SMILES string of the molecule is CCOC(=O)c1c(OCc2ccccc2)c(=O)n(Cc2cnn(CC(=O)OC(C)(C)C)c2)c2ccsc12. The second-order valence-electron chi connectivity index (χ2n) is 9.36. The standard InChI is InChI=1S/C27H29N3O6S/c1-5-34-26(33)22-23(35-17-18-9-7-6-8-10-18)25(32)30(20-11-12-37-24(20)22)15-19-13-28-29(14-19)16-21(31)36-27(2,3)4/h6-14H,5,15-17H2,1-4H3. The monoisotopic (exact) mass is 523 g/mol. The van der Waals surface area contributed by atoms with Gasteiger partial charge in [-0.3, -0.25) is 18.8 Å². The van der Waals surface area contributed by atoms with Crippen LogP contribution in [0.4, 0.5) is 0 Å². The Hall–Kier alpha value is -3.92. The van der Waals surface area contributed by atoms with Gasteiger partial charge in [0.25, 0.3) is 5.56 Å². The number of esters is 2. The number of hydrogen-bond donors (Lipinski definition) is 0. The van der Waals surface area contributed by atoms with E-state index in [0.29, 0.717) is 15.8 Å². The van der Waals surface area contributed by atoms with Gasteiger partial charge in [0, 0.05) is 11.8 Å². The van der Waals surface area contributed by atoms with E-state index in [4.69, 9.17) is 14.2 Å². The average Bonchev–Trinajstić information content (AvgIpc) is 3.48. The van der Waals surface area contributed by atoms with Gasteiger partial charge in [-0.1, -0.05) is 30.3 Å². The largest absolute Gasteiger partial charge is 0.482 e. The summed E-state index contributed by atoms with van der Waals surface area (Å²) in [6.07, 6.45) is 3.29. The van der Waals surface area contributed by atoms with Crippen LogP contribution in [0.1, 0.15) is 49.2 Å². The van der Waals surface area contributed by atoms with Crippen molar-refractivity contribution < 1.29 is 23.8 Å². The molecular formula is C27H29N3O6S. The third-order valence-corrected chi connectivity index (χ3v) is 6.19. The minimum atomic E-state index is -0.604. The zero-order valence-electron chi connectivity index (χ0n) is 21.2. The summed E-state index contributed by atoms with van der Waals surface area (Å²) in [5.41, 5.74) is 1.23. The van der Waals surface area contributed by atoms with Gasteiger partial charge in [-0.2, -0.15) is 5.10 Å². The summed E-state index contributed by atoms with van der Waals surface area (Å²) < 4.78 is 20.2. The van der Waals surface area contributed by atoms with Crippen molar-refractivity contribution in [1.29, 1.82) is 0 Å². The molecule has 0 unspecified atom stereocenters. The van der Waals surface area contributed by atoms with Crippen LogP contribution in [-0.2, 0) is 34.0 Å². The molecule has 0 N–H and O–H groups in total. The Balaban J connectivity index is 1.69. The molecule has 0 aliphatic rings. The van der Waals surface area contributed by atoms with Crippen LogP contribution in [0.2, 0.25) is 0 Å². The van der Waals surface area contributed by atoms with Gasteiger partial charge in [0.1, 0.15) is 24.3 Å². The van der Waals surface area contributed by atoms with Gasteiger partial charge in [0.05, 0.1) is 29.6 Å². The van der Waals surface area contributed by atoms with Crippen LogP contribution in [0.15, 0.2) is 59.0 Å². The quantitative estimate of drug-likeness (QED) is 0.300. The van der Waals surface area contributed by atoms with E-state index in [1.165, 1.54) is 16.0 Å². The van der Waals surface area contributed by atoms with E-state index in [1.807, 2.05) is 35.7 Å². The van der Waals surface area contributed by atoms with E-state index >= 15 is 0 Å². The van der Waals surface area contributed by atoms with Crippen molar-refractivity contribution in [3.63, 3.8) is 0 Å². The van der Waals surface area contributed by atoms with Crippen LogP contribution in [0.3, 0.4) is 0 Å². The Morgan fingerprint density at radius 3 is 2.54 bits per heavy atom. The Morgan fingerprint density at radius 1 is 1.08 bits per heavy atom. The molecule has 4 aromatic rings. The van der Waals surface area contributed by atoms with Crippen LogP contribution < -0.4 is 10.3 Å². The lowest BCUT2D eigenvalue weighted by Gasteiger charge is -2.19. The first kappa shape index (κ1) is 26.2. The molecule has 0 radical (unpaired) electrons. The van der Waals surface area contributed by atoms with Gasteiger partial charge in [-0.15, -0.1) is 11.3 Å². The average molecular weight is 524 g/mol. The fourth-order valence-corrected chi connectivity index (χ4v) is 4.74. The Kier molecular flexibility index (Phi) is 7.77. The van der Waals surface area contributed by atoms with Crippen molar-refractivity contribution in [2.75, 3.05) is 6.61 Å². The summed E-state index contributed by atoms with van der Waals surface area (Å²) in [7, 11) is 0. The topological polar surface area (TPSA) is 102 Å². The van der Waals surface area contributed by atoms with Crippen molar-refractivity contribution in [2.45, 2.75) is 53.0 Å². The van der Waals surface area contributed by atoms with Gasteiger partial charge in [0.15, 0.2) is 0 Å². The van der Waals surface area contributed by atoms with Crippen molar-refractivity contribution in [2.24, 2.45) is 0 Å². The Bertz CT molecular complexity index is 1460. The predicted molar refractivity (Wildman–Crippen MR) is 140 cm³/mol. The highest BCUT2D eigenvalue weighted by molar-refractivity contribution is 7.17. The number of hydrogen-bond acceptors (Lipinski definition) is 8. The summed E-state index contributed by atoms with van der Waals surface area (Å²) >= 11 is 1.33. The van der Waals surface area contributed by atoms with Crippen molar-refractivity contribution >= 4 is 33.5 Å². The van der Waals surface area contributed by atoms with E-state index in [0.717, 1.165) is 5.56 Å². The maximum absolute atomic E-state index is 13.7. The van der Waals surface area contributed by atoms with Crippen LogP contribution in [0, 0.1) is 0 Å². The normalized spacial score (nSPS) is 11.5. The van der Waals surface area contributed by atoms with Crippen molar-refractivity contribution in [3.8, 4) is 5.75 Å². The number of aromatic nitrogens is 3. The van der Waals surface area contributed by atoms with Gasteiger partial charge < -0.3 is 14.2 Å². The molecule has 0 aliphatic heterocycles. The zero-order chi connectivity index (χ0) is 26.6. The van der Waals surface area contributed by atoms with E-state index in [1.54, 1.807) is 50.7 Å². The molecule has 0 atom stereocenters. The maximum Gasteiger partial charge on any atom is 0.343 e. The minimum Gasteiger partial charge on any atom is -0.482 e. The summed E-state index contributed by atoms with van der Waals surface area (Å²) in [6.45, 7) is 7.53. The molecule has 0 amide bonds. The summed E-state index contributed by atoms with van der Waals surface area (Å²) in [5, 5.41) is 6.06. The van der Waals surface area contributed by atoms with Gasteiger partial charge in [-0.05, 0) is 44.7 Å². The van der Waals surface area contributed by atoms with E-state index in [2.05, 4.69) is 5.10 Å². The fourth-order valence-electron chi connectivity index (χ4n) is 3.82. The molecule has 0 saturated carbocycles. The van der Waals surface area contributed by atoms with Gasteiger partial charge in [-0.25, -0.2) is 4.79 Å². The first-order chi connectivity index (χ1) is 17.7. The van der Waals surface area contributed by atoms with E-state index in [9.17, 15) is 14.4 Å². The lowest BCUT2D eigenvalue weighted by molar-refractivity contribution is -0.155. The Labute approximate surface area is 218 Å². The summed E-state index contributed by atoms with van der Waals surface area (Å²) in [6, 6.07) is 11.2. The summed E-state index contributed by atoms with van der Waals surface area (Å²) in [4.78, 5) is 38.8. The third-order valence-electron chi connectivity index (χ3n) is 5.27. The molecule has 194 valence electrons. The van der Waals surface area contributed by atoms with Crippen LogP contribution >= 0.6 is 11.3 Å². The minimum absolute atomic E-state index is 0.0483. The van der Waals surface area contributed by atoms with Gasteiger partial charge >= 0.3 is 11.9 Å². The molecule has 0 fully saturated rings. The zero-order valence-corrected chi connectivity index (χ0v) is 22.0.